The van der Waals surface area contributed by atoms with Crippen molar-refractivity contribution < 1.29 is 24.2 Å². The Balaban J connectivity index is 1.46. The first-order valence-electron chi connectivity index (χ1n) is 10.2. The molecule has 0 unspecified atom stereocenters. The number of rotatable bonds is 6. The van der Waals surface area contributed by atoms with Crippen LogP contribution in [0.5, 0.6) is 5.75 Å². The quantitative estimate of drug-likeness (QED) is 0.378. The number of phenols is 1. The van der Waals surface area contributed by atoms with Gasteiger partial charge in [0, 0.05) is 12.3 Å². The van der Waals surface area contributed by atoms with Crippen LogP contribution < -0.4 is 5.32 Å². The van der Waals surface area contributed by atoms with Crippen molar-refractivity contribution >= 4 is 43.9 Å². The molecule has 0 saturated heterocycles. The second-order valence-electron chi connectivity index (χ2n) is 7.66. The molecule has 3 aromatic rings. The van der Waals surface area contributed by atoms with Gasteiger partial charge in [-0.25, -0.2) is 9.59 Å². The topological polar surface area (TPSA) is 84.9 Å². The number of amides is 1. The second-order valence-corrected chi connectivity index (χ2v) is 9.37. The van der Waals surface area contributed by atoms with Crippen LogP contribution in [0.3, 0.4) is 0 Å². The fraction of sp³-hybridized carbons (Fsp3) is 0.200. The van der Waals surface area contributed by atoms with Gasteiger partial charge in [0.2, 0.25) is 0 Å². The third kappa shape index (κ3) is 4.91. The fourth-order valence-electron chi connectivity index (χ4n) is 4.09. The zero-order chi connectivity index (χ0) is 23.5. The largest absolute Gasteiger partial charge is 0.506 e. The van der Waals surface area contributed by atoms with E-state index in [1.807, 2.05) is 36.4 Å². The predicted molar refractivity (Wildman–Crippen MR) is 131 cm³/mol. The molecule has 1 aliphatic rings. The average molecular weight is 575 g/mol. The number of aromatic hydroxyl groups is 1. The highest BCUT2D eigenvalue weighted by molar-refractivity contribution is 9.11. The minimum atomic E-state index is -0.950. The number of alkyl carbamates (subject to hydrolysis) is 1. The van der Waals surface area contributed by atoms with Gasteiger partial charge in [-0.1, -0.05) is 48.5 Å². The number of carbonyl (C=O) groups is 2. The Labute approximate surface area is 208 Å². The first-order chi connectivity index (χ1) is 15.9. The lowest BCUT2D eigenvalue weighted by Gasteiger charge is -2.19. The molecule has 0 spiro atoms. The van der Waals surface area contributed by atoms with Gasteiger partial charge in [-0.2, -0.15) is 0 Å². The summed E-state index contributed by atoms with van der Waals surface area (Å²) in [7, 11) is 1.26. The van der Waals surface area contributed by atoms with E-state index >= 15 is 0 Å². The minimum Gasteiger partial charge on any atom is -0.506 e. The number of ether oxygens (including phenoxy) is 2. The highest BCUT2D eigenvalue weighted by Crippen LogP contribution is 2.44. The Morgan fingerprint density at radius 3 is 2.09 bits per heavy atom. The normalized spacial score (nSPS) is 13.1. The SMILES string of the molecule is COC(=O)[C@H](Cc1cc(Br)c(O)c(Br)c1)NC(=O)OCC1c2ccccc2-c2ccccc21. The zero-order valence-electron chi connectivity index (χ0n) is 17.7. The number of hydrogen-bond donors (Lipinski definition) is 2. The number of halogens is 2. The van der Waals surface area contributed by atoms with E-state index in [0.717, 1.165) is 22.3 Å². The van der Waals surface area contributed by atoms with E-state index in [4.69, 9.17) is 9.47 Å². The first kappa shape index (κ1) is 23.3. The Kier molecular flexibility index (Phi) is 7.05. The number of hydrogen-bond acceptors (Lipinski definition) is 5. The molecular formula is C25H21Br2NO5. The lowest BCUT2D eigenvalue weighted by atomic mass is 9.98. The van der Waals surface area contributed by atoms with E-state index in [0.29, 0.717) is 14.5 Å². The summed E-state index contributed by atoms with van der Waals surface area (Å²) in [5, 5.41) is 12.5. The lowest BCUT2D eigenvalue weighted by Crippen LogP contribution is -2.43. The Hall–Kier alpha value is -2.84. The van der Waals surface area contributed by atoms with Crippen LogP contribution in [0.15, 0.2) is 69.6 Å². The molecule has 0 saturated carbocycles. The highest BCUT2D eigenvalue weighted by atomic mass is 79.9. The van der Waals surface area contributed by atoms with Crippen LogP contribution in [-0.2, 0) is 20.7 Å². The van der Waals surface area contributed by atoms with Gasteiger partial charge in [-0.15, -0.1) is 0 Å². The molecule has 0 aliphatic heterocycles. The van der Waals surface area contributed by atoms with Crippen molar-refractivity contribution in [3.63, 3.8) is 0 Å². The van der Waals surface area contributed by atoms with Crippen molar-refractivity contribution in [2.45, 2.75) is 18.4 Å². The number of phenolic OH excluding ortho intramolecular Hbond substituents is 1. The van der Waals surface area contributed by atoms with Gasteiger partial charge >= 0.3 is 12.1 Å². The van der Waals surface area contributed by atoms with Crippen LogP contribution in [0.2, 0.25) is 0 Å². The maximum absolute atomic E-state index is 12.6. The summed E-state index contributed by atoms with van der Waals surface area (Å²) in [6, 6.07) is 18.5. The van der Waals surface area contributed by atoms with E-state index in [2.05, 4.69) is 49.3 Å². The molecule has 170 valence electrons. The van der Waals surface area contributed by atoms with E-state index < -0.39 is 18.1 Å². The molecule has 0 bridgehead atoms. The molecule has 4 rings (SSSR count). The van der Waals surface area contributed by atoms with Crippen molar-refractivity contribution in [2.24, 2.45) is 0 Å². The summed E-state index contributed by atoms with van der Waals surface area (Å²) in [6.07, 6.45) is -0.543. The van der Waals surface area contributed by atoms with E-state index in [1.165, 1.54) is 7.11 Å². The van der Waals surface area contributed by atoms with Gasteiger partial charge in [0.15, 0.2) is 0 Å². The minimum absolute atomic E-state index is 0.0536. The molecule has 0 fully saturated rings. The number of nitrogens with one attached hydrogen (secondary N) is 1. The lowest BCUT2D eigenvalue weighted by molar-refractivity contribution is -0.143. The van der Waals surface area contributed by atoms with Crippen LogP contribution in [0.25, 0.3) is 11.1 Å². The number of carbonyl (C=O) groups excluding carboxylic acids is 2. The van der Waals surface area contributed by atoms with E-state index in [1.54, 1.807) is 12.1 Å². The highest BCUT2D eigenvalue weighted by Gasteiger charge is 2.30. The van der Waals surface area contributed by atoms with Crippen molar-refractivity contribution in [1.29, 1.82) is 0 Å². The number of esters is 1. The summed E-state index contributed by atoms with van der Waals surface area (Å²) in [6.45, 7) is 0.143. The molecule has 2 N–H and O–H groups in total. The van der Waals surface area contributed by atoms with Crippen molar-refractivity contribution in [2.75, 3.05) is 13.7 Å². The number of fused-ring (bicyclic) bond motifs is 3. The van der Waals surface area contributed by atoms with Gasteiger partial charge in [-0.3, -0.25) is 0 Å². The number of methoxy groups -OCH3 is 1. The van der Waals surface area contributed by atoms with Gasteiger partial charge < -0.3 is 19.9 Å². The van der Waals surface area contributed by atoms with Gasteiger partial charge in [0.25, 0.3) is 0 Å². The van der Waals surface area contributed by atoms with Gasteiger partial charge in [-0.05, 0) is 71.8 Å². The Morgan fingerprint density at radius 2 is 1.55 bits per heavy atom. The molecule has 1 amide bonds. The summed E-state index contributed by atoms with van der Waals surface area (Å²) < 4.78 is 11.3. The van der Waals surface area contributed by atoms with Crippen LogP contribution in [0.1, 0.15) is 22.6 Å². The molecule has 0 aromatic heterocycles. The van der Waals surface area contributed by atoms with Crippen molar-refractivity contribution in [3.05, 3.63) is 86.3 Å². The second kappa shape index (κ2) is 9.97. The average Bonchev–Trinajstić information content (AvgIpc) is 3.14. The zero-order valence-corrected chi connectivity index (χ0v) is 20.9. The van der Waals surface area contributed by atoms with Gasteiger partial charge in [0.05, 0.1) is 16.1 Å². The Bertz CT molecular complexity index is 1140. The third-order valence-corrected chi connectivity index (χ3v) is 6.85. The third-order valence-electron chi connectivity index (χ3n) is 5.64. The van der Waals surface area contributed by atoms with E-state index in [9.17, 15) is 14.7 Å². The number of benzene rings is 3. The molecule has 33 heavy (non-hydrogen) atoms. The fourth-order valence-corrected chi connectivity index (χ4v) is 5.37. The van der Waals surface area contributed by atoms with Crippen LogP contribution in [0, 0.1) is 0 Å². The van der Waals surface area contributed by atoms with E-state index in [-0.39, 0.29) is 24.7 Å². The molecule has 6 nitrogen and oxygen atoms in total. The molecular weight excluding hydrogens is 554 g/mol. The standard InChI is InChI=1S/C25H21Br2NO5/c1-32-24(30)22(12-14-10-20(26)23(29)21(27)11-14)28-25(31)33-13-19-17-8-4-2-6-15(17)16-7-3-5-9-18(16)19/h2-11,19,22,29H,12-13H2,1H3,(H,28,31)/t22-/m0/s1. The maximum atomic E-state index is 12.6. The maximum Gasteiger partial charge on any atom is 0.407 e. The molecule has 1 atom stereocenters. The smallest absolute Gasteiger partial charge is 0.407 e. The summed E-state index contributed by atoms with van der Waals surface area (Å²) in [5.74, 6) is -0.620. The summed E-state index contributed by atoms with van der Waals surface area (Å²) in [5.41, 5.74) is 5.20. The van der Waals surface area contributed by atoms with Crippen molar-refractivity contribution in [1.82, 2.24) is 5.32 Å². The Morgan fingerprint density at radius 1 is 1.00 bits per heavy atom. The molecule has 1 aliphatic carbocycles. The summed E-state index contributed by atoms with van der Waals surface area (Å²) >= 11 is 6.55. The molecule has 3 aromatic carbocycles. The van der Waals surface area contributed by atoms with Crippen LogP contribution in [-0.4, -0.2) is 36.9 Å². The predicted octanol–water partition coefficient (Wildman–Crippen LogP) is 5.54. The molecule has 0 radical (unpaired) electrons. The van der Waals surface area contributed by atoms with Gasteiger partial charge in [0.1, 0.15) is 18.4 Å². The van der Waals surface area contributed by atoms with Crippen LogP contribution in [0.4, 0.5) is 4.79 Å². The molecule has 0 heterocycles. The van der Waals surface area contributed by atoms with Crippen LogP contribution >= 0.6 is 31.9 Å². The molecule has 8 heteroatoms. The first-order valence-corrected chi connectivity index (χ1v) is 11.8. The monoisotopic (exact) mass is 573 g/mol. The summed E-state index contributed by atoms with van der Waals surface area (Å²) in [4.78, 5) is 24.9. The van der Waals surface area contributed by atoms with Crippen molar-refractivity contribution in [3.8, 4) is 16.9 Å².